The summed E-state index contributed by atoms with van der Waals surface area (Å²) in [5, 5.41) is 9.31. The van der Waals surface area contributed by atoms with Gasteiger partial charge in [0.1, 0.15) is 23.5 Å². The maximum atomic E-state index is 13.4. The molecule has 1 aliphatic rings. The van der Waals surface area contributed by atoms with Crippen molar-refractivity contribution >= 4 is 29.0 Å². The van der Waals surface area contributed by atoms with Crippen molar-refractivity contribution < 1.29 is 14.0 Å². The van der Waals surface area contributed by atoms with Crippen molar-refractivity contribution in [3.05, 3.63) is 80.3 Å². The predicted octanol–water partition coefficient (Wildman–Crippen LogP) is 1.42. The van der Waals surface area contributed by atoms with Gasteiger partial charge in [0, 0.05) is 17.5 Å². The summed E-state index contributed by atoms with van der Waals surface area (Å²) in [5.74, 6) is 9.98. The molecule has 0 radical (unpaired) electrons. The van der Waals surface area contributed by atoms with Gasteiger partial charge in [0.2, 0.25) is 0 Å². The van der Waals surface area contributed by atoms with E-state index in [2.05, 4.69) is 31.1 Å². The van der Waals surface area contributed by atoms with Crippen molar-refractivity contribution in [1.29, 1.82) is 0 Å². The number of amides is 2. The zero-order valence-electron chi connectivity index (χ0n) is 18.3. The van der Waals surface area contributed by atoms with Crippen LogP contribution in [-0.4, -0.2) is 27.6 Å². The molecule has 0 aliphatic heterocycles. The predicted molar refractivity (Wildman–Crippen MR) is 125 cm³/mol. The Morgan fingerprint density at radius 1 is 1.21 bits per heavy atom. The molecule has 1 aromatic carbocycles. The Labute approximate surface area is 198 Å². The van der Waals surface area contributed by atoms with Crippen molar-refractivity contribution in [3.8, 4) is 0 Å². The first-order valence-electron chi connectivity index (χ1n) is 10.4. The number of halogens is 1. The van der Waals surface area contributed by atoms with E-state index < -0.39 is 11.8 Å². The number of aromatic nitrogens is 2. The average Bonchev–Trinajstić information content (AvgIpc) is 3.42. The van der Waals surface area contributed by atoms with Gasteiger partial charge >= 0.3 is 0 Å². The lowest BCUT2D eigenvalue weighted by atomic mass is 10.1. The zero-order valence-corrected chi connectivity index (χ0v) is 19.1. The number of carbonyl (C=O) groups excluding carboxylic acids is 2. The van der Waals surface area contributed by atoms with Crippen LogP contribution in [0.3, 0.4) is 0 Å². The monoisotopic (exact) mass is 482 g/mol. The first kappa shape index (κ1) is 23.3. The number of hydrogen-bond acceptors (Lipinski definition) is 8. The summed E-state index contributed by atoms with van der Waals surface area (Å²) in [4.78, 5) is 35.3. The van der Waals surface area contributed by atoms with E-state index in [-0.39, 0.29) is 29.8 Å². The summed E-state index contributed by atoms with van der Waals surface area (Å²) < 4.78 is 13.4. The number of benzene rings is 1. The minimum absolute atomic E-state index is 0.0572. The van der Waals surface area contributed by atoms with E-state index in [1.165, 1.54) is 29.8 Å². The van der Waals surface area contributed by atoms with Gasteiger partial charge < -0.3 is 21.9 Å². The number of hydrazone groups is 1. The lowest BCUT2D eigenvalue weighted by molar-refractivity contribution is 0.0931. The van der Waals surface area contributed by atoms with Crippen LogP contribution in [0, 0.1) is 12.7 Å². The number of carbonyl (C=O) groups is 2. The lowest BCUT2D eigenvalue weighted by Crippen LogP contribution is -2.31. The Hall–Kier alpha value is -3.90. The number of amidine groups is 1. The number of rotatable bonds is 6. The Kier molecular flexibility index (Phi) is 6.80. The van der Waals surface area contributed by atoms with Gasteiger partial charge in [-0.2, -0.15) is 5.10 Å². The van der Waals surface area contributed by atoms with Crippen LogP contribution in [0.5, 0.6) is 0 Å². The molecule has 2 aromatic heterocycles. The molecular weight excluding hydrogens is 459 g/mol. The van der Waals surface area contributed by atoms with Crippen LogP contribution in [-0.2, 0) is 13.0 Å². The number of nitrogens with zero attached hydrogens (tertiary/aromatic N) is 3. The second-order valence-electron chi connectivity index (χ2n) is 7.73. The van der Waals surface area contributed by atoms with Gasteiger partial charge in [0.25, 0.3) is 11.8 Å². The Balaban J connectivity index is 1.41. The van der Waals surface area contributed by atoms with E-state index in [4.69, 9.17) is 11.7 Å². The molecule has 10 nitrogen and oxygen atoms in total. The molecule has 3 aromatic rings. The summed E-state index contributed by atoms with van der Waals surface area (Å²) in [5.41, 5.74) is 4.81. The van der Waals surface area contributed by atoms with Crippen molar-refractivity contribution in [2.75, 3.05) is 0 Å². The molecule has 1 atom stereocenters. The lowest BCUT2D eigenvalue weighted by Gasteiger charge is -2.13. The van der Waals surface area contributed by atoms with Gasteiger partial charge in [0.05, 0.1) is 10.9 Å². The third-order valence-electron chi connectivity index (χ3n) is 5.49. The molecule has 1 unspecified atom stereocenters. The van der Waals surface area contributed by atoms with Crippen LogP contribution >= 0.6 is 11.3 Å². The van der Waals surface area contributed by atoms with Crippen LogP contribution in [0.15, 0.2) is 41.8 Å². The van der Waals surface area contributed by atoms with Crippen molar-refractivity contribution in [1.82, 2.24) is 26.0 Å². The molecule has 0 saturated heterocycles. The van der Waals surface area contributed by atoms with E-state index in [0.29, 0.717) is 11.4 Å². The SMILES string of the molecule is Cc1cc(CNC(=O)c2cc(C(=O)NC3CCc4sc(/C(=N/N)NN)cc43)ncn2)ccc1F. The normalized spacial score (nSPS) is 15.0. The maximum absolute atomic E-state index is 13.4. The third-order valence-corrected chi connectivity index (χ3v) is 6.71. The van der Waals surface area contributed by atoms with Gasteiger partial charge in [-0.1, -0.05) is 12.1 Å². The van der Waals surface area contributed by atoms with Crippen LogP contribution in [0.4, 0.5) is 4.39 Å². The third kappa shape index (κ3) is 4.87. The molecule has 176 valence electrons. The van der Waals surface area contributed by atoms with Crippen LogP contribution in [0.1, 0.15) is 59.9 Å². The Morgan fingerprint density at radius 3 is 2.68 bits per heavy atom. The van der Waals surface area contributed by atoms with E-state index >= 15 is 0 Å². The first-order chi connectivity index (χ1) is 16.4. The minimum Gasteiger partial charge on any atom is -0.347 e. The number of nitrogens with one attached hydrogen (secondary N) is 3. The highest BCUT2D eigenvalue weighted by Gasteiger charge is 2.28. The second kappa shape index (κ2) is 9.93. The number of thiophene rings is 1. The molecule has 0 bridgehead atoms. The quantitative estimate of drug-likeness (QED) is 0.154. The van der Waals surface area contributed by atoms with Crippen LogP contribution in [0.25, 0.3) is 0 Å². The molecule has 0 fully saturated rings. The van der Waals surface area contributed by atoms with E-state index in [1.807, 2.05) is 6.07 Å². The highest BCUT2D eigenvalue weighted by Crippen LogP contribution is 2.37. The summed E-state index contributed by atoms with van der Waals surface area (Å²) >= 11 is 1.51. The summed E-state index contributed by atoms with van der Waals surface area (Å²) in [6.45, 7) is 1.85. The van der Waals surface area contributed by atoms with Gasteiger partial charge in [-0.15, -0.1) is 11.3 Å². The number of hydrogen-bond donors (Lipinski definition) is 5. The summed E-state index contributed by atoms with van der Waals surface area (Å²) in [6.07, 6.45) is 2.72. The van der Waals surface area contributed by atoms with E-state index in [9.17, 15) is 14.0 Å². The zero-order chi connectivity index (χ0) is 24.2. The molecule has 7 N–H and O–H groups in total. The summed E-state index contributed by atoms with van der Waals surface area (Å²) in [6, 6.07) is 7.64. The first-order valence-corrected chi connectivity index (χ1v) is 11.2. The minimum atomic E-state index is -0.466. The highest BCUT2D eigenvalue weighted by molar-refractivity contribution is 7.14. The molecule has 0 spiro atoms. The largest absolute Gasteiger partial charge is 0.347 e. The standard InChI is InChI=1S/C22H23FN8O2S/c1-11-6-12(2-3-14(11)23)9-26-21(32)16-8-17(28-10-27-16)22(33)29-15-4-5-18-13(15)7-19(34-18)20(30-24)31-25/h2-3,6-8,10,15H,4-5,9,24-25H2,1H3,(H,26,32)(H,29,33)(H,30,31). The Bertz CT molecular complexity index is 1280. The molecule has 2 heterocycles. The number of hydrazine groups is 1. The smallest absolute Gasteiger partial charge is 0.270 e. The van der Waals surface area contributed by atoms with Gasteiger partial charge in [-0.25, -0.2) is 20.2 Å². The van der Waals surface area contributed by atoms with Crippen molar-refractivity contribution in [2.45, 2.75) is 32.4 Å². The van der Waals surface area contributed by atoms with Crippen molar-refractivity contribution in [3.63, 3.8) is 0 Å². The highest BCUT2D eigenvalue weighted by atomic mass is 32.1. The second-order valence-corrected chi connectivity index (χ2v) is 8.87. The van der Waals surface area contributed by atoms with E-state index in [0.717, 1.165) is 33.7 Å². The molecule has 12 heteroatoms. The fourth-order valence-corrected chi connectivity index (χ4v) is 4.93. The molecule has 2 amide bonds. The van der Waals surface area contributed by atoms with E-state index in [1.54, 1.807) is 19.1 Å². The van der Waals surface area contributed by atoms with Gasteiger partial charge in [0.15, 0.2) is 5.84 Å². The number of fused-ring (bicyclic) bond motifs is 1. The maximum Gasteiger partial charge on any atom is 0.270 e. The molecule has 4 rings (SSSR count). The molecule has 0 saturated carbocycles. The Morgan fingerprint density at radius 2 is 1.97 bits per heavy atom. The van der Waals surface area contributed by atoms with Crippen molar-refractivity contribution in [2.24, 2.45) is 16.8 Å². The van der Waals surface area contributed by atoms with Gasteiger partial charge in [-0.3, -0.25) is 9.59 Å². The topological polar surface area (TPSA) is 160 Å². The molecular formula is C22H23FN8O2S. The molecule has 1 aliphatic carbocycles. The molecule has 34 heavy (non-hydrogen) atoms. The summed E-state index contributed by atoms with van der Waals surface area (Å²) in [7, 11) is 0. The number of nitrogens with two attached hydrogens (primary N) is 2. The number of aryl methyl sites for hydroxylation is 2. The van der Waals surface area contributed by atoms with Crippen LogP contribution in [0.2, 0.25) is 0 Å². The van der Waals surface area contributed by atoms with Gasteiger partial charge in [-0.05, 0) is 48.6 Å². The fourth-order valence-electron chi connectivity index (χ4n) is 3.73. The van der Waals surface area contributed by atoms with Crippen LogP contribution < -0.4 is 27.7 Å². The fraction of sp³-hybridized carbons (Fsp3) is 0.227. The average molecular weight is 483 g/mol.